The van der Waals surface area contributed by atoms with Gasteiger partial charge in [-0.2, -0.15) is 0 Å². The number of amides is 3. The largest absolute Gasteiger partial charge is 0.447 e. The van der Waals surface area contributed by atoms with Crippen molar-refractivity contribution in [3.8, 4) is 0 Å². The van der Waals surface area contributed by atoms with Crippen LogP contribution in [0.2, 0.25) is 0 Å². The average molecular weight is 511 g/mol. The van der Waals surface area contributed by atoms with Crippen LogP contribution in [0.15, 0.2) is 60.7 Å². The summed E-state index contributed by atoms with van der Waals surface area (Å²) in [5.41, 5.74) is 0.954. The number of nitrogens with zero attached hydrogens (tertiary/aromatic N) is 2. The molecular formula is C29H38N2O6. The Labute approximate surface area is 219 Å². The molecule has 1 aliphatic rings. The Kier molecular flexibility index (Phi) is 9.32. The zero-order chi connectivity index (χ0) is 27.2. The summed E-state index contributed by atoms with van der Waals surface area (Å²) in [6.45, 7) is 9.31. The van der Waals surface area contributed by atoms with Crippen molar-refractivity contribution in [1.29, 1.82) is 0 Å². The Balaban J connectivity index is 1.90. The van der Waals surface area contributed by atoms with Gasteiger partial charge in [0.25, 0.3) is 0 Å². The number of aliphatic hydroxyl groups is 1. The van der Waals surface area contributed by atoms with Gasteiger partial charge in [-0.1, -0.05) is 74.5 Å². The SMILES string of the molecule is CC(C)[C@@H]1COC(=O)N1C(=O)[C@@H](Cc1ccccc1)[C@@H](O)CN(Cc1ccccc1)C(=O)OC(C)(C)C. The van der Waals surface area contributed by atoms with E-state index in [4.69, 9.17) is 9.47 Å². The minimum absolute atomic E-state index is 0.0127. The van der Waals surface area contributed by atoms with Crippen molar-refractivity contribution >= 4 is 18.1 Å². The molecule has 0 aliphatic carbocycles. The molecule has 3 amide bonds. The number of carbonyl (C=O) groups excluding carboxylic acids is 3. The van der Waals surface area contributed by atoms with Crippen LogP contribution in [-0.4, -0.2) is 63.9 Å². The van der Waals surface area contributed by atoms with Crippen LogP contribution in [0.5, 0.6) is 0 Å². The molecule has 2 aromatic carbocycles. The molecule has 2 aromatic rings. The topological polar surface area (TPSA) is 96.4 Å². The summed E-state index contributed by atoms with van der Waals surface area (Å²) >= 11 is 0. The predicted molar refractivity (Wildman–Crippen MR) is 140 cm³/mol. The summed E-state index contributed by atoms with van der Waals surface area (Å²) in [5, 5.41) is 11.5. The van der Waals surface area contributed by atoms with Gasteiger partial charge in [-0.3, -0.25) is 4.79 Å². The lowest BCUT2D eigenvalue weighted by molar-refractivity contribution is -0.138. The zero-order valence-corrected chi connectivity index (χ0v) is 22.3. The Morgan fingerprint density at radius 2 is 1.62 bits per heavy atom. The number of rotatable bonds is 9. The molecule has 0 aromatic heterocycles. The second kappa shape index (κ2) is 12.2. The van der Waals surface area contributed by atoms with Crippen molar-refractivity contribution in [1.82, 2.24) is 9.80 Å². The monoisotopic (exact) mass is 510 g/mol. The van der Waals surface area contributed by atoms with Gasteiger partial charge < -0.3 is 19.5 Å². The molecule has 0 unspecified atom stereocenters. The molecule has 1 N–H and O–H groups in total. The van der Waals surface area contributed by atoms with E-state index in [0.717, 1.165) is 16.0 Å². The van der Waals surface area contributed by atoms with Gasteiger partial charge in [-0.25, -0.2) is 14.5 Å². The molecule has 0 saturated carbocycles. The van der Waals surface area contributed by atoms with E-state index in [9.17, 15) is 19.5 Å². The molecule has 3 rings (SSSR count). The minimum Gasteiger partial charge on any atom is -0.447 e. The van der Waals surface area contributed by atoms with E-state index in [0.29, 0.717) is 0 Å². The van der Waals surface area contributed by atoms with Crippen LogP contribution in [0, 0.1) is 11.8 Å². The molecule has 1 saturated heterocycles. The van der Waals surface area contributed by atoms with Crippen LogP contribution in [0.4, 0.5) is 9.59 Å². The van der Waals surface area contributed by atoms with Crippen LogP contribution in [0.1, 0.15) is 45.7 Å². The number of hydrogen-bond donors (Lipinski definition) is 1. The molecular weight excluding hydrogens is 472 g/mol. The molecule has 8 nitrogen and oxygen atoms in total. The van der Waals surface area contributed by atoms with Crippen molar-refractivity contribution < 1.29 is 29.0 Å². The van der Waals surface area contributed by atoms with Crippen LogP contribution >= 0.6 is 0 Å². The number of aliphatic hydroxyl groups excluding tert-OH is 1. The maximum atomic E-state index is 13.8. The highest BCUT2D eigenvalue weighted by atomic mass is 16.6. The molecule has 3 atom stereocenters. The van der Waals surface area contributed by atoms with Crippen molar-refractivity contribution in [2.24, 2.45) is 11.8 Å². The third-order valence-corrected chi connectivity index (χ3v) is 6.27. The van der Waals surface area contributed by atoms with Gasteiger partial charge in [-0.05, 0) is 44.2 Å². The van der Waals surface area contributed by atoms with E-state index in [1.807, 2.05) is 74.5 Å². The third kappa shape index (κ3) is 7.79. The van der Waals surface area contributed by atoms with Crippen LogP contribution < -0.4 is 0 Å². The minimum atomic E-state index is -1.26. The molecule has 0 spiro atoms. The van der Waals surface area contributed by atoms with Gasteiger partial charge in [0.2, 0.25) is 5.91 Å². The highest BCUT2D eigenvalue weighted by Gasteiger charge is 2.44. The van der Waals surface area contributed by atoms with E-state index >= 15 is 0 Å². The van der Waals surface area contributed by atoms with Crippen molar-refractivity contribution in [3.63, 3.8) is 0 Å². The number of imide groups is 1. The highest BCUT2D eigenvalue weighted by Crippen LogP contribution is 2.26. The summed E-state index contributed by atoms with van der Waals surface area (Å²) in [7, 11) is 0. The second-order valence-electron chi connectivity index (χ2n) is 10.8. The predicted octanol–water partition coefficient (Wildman–Crippen LogP) is 4.65. The van der Waals surface area contributed by atoms with Crippen LogP contribution in [0.3, 0.4) is 0 Å². The third-order valence-electron chi connectivity index (χ3n) is 6.27. The lowest BCUT2D eigenvalue weighted by Gasteiger charge is -2.33. The quantitative estimate of drug-likeness (QED) is 0.528. The Hall–Kier alpha value is -3.39. The summed E-state index contributed by atoms with van der Waals surface area (Å²) in [5.74, 6) is -1.50. The van der Waals surface area contributed by atoms with Gasteiger partial charge in [0.15, 0.2) is 0 Å². The van der Waals surface area contributed by atoms with E-state index in [2.05, 4.69) is 0 Å². The van der Waals surface area contributed by atoms with E-state index < -0.39 is 41.8 Å². The zero-order valence-electron chi connectivity index (χ0n) is 22.3. The van der Waals surface area contributed by atoms with E-state index in [1.165, 1.54) is 4.90 Å². The molecule has 8 heteroatoms. The lowest BCUT2D eigenvalue weighted by Crippen LogP contribution is -2.51. The van der Waals surface area contributed by atoms with E-state index in [-0.39, 0.29) is 32.0 Å². The maximum Gasteiger partial charge on any atom is 0.416 e. The maximum absolute atomic E-state index is 13.8. The van der Waals surface area contributed by atoms with Gasteiger partial charge in [0.05, 0.1) is 24.6 Å². The summed E-state index contributed by atoms with van der Waals surface area (Å²) < 4.78 is 10.8. The number of cyclic esters (lactones) is 1. The number of carbonyl (C=O) groups is 3. The average Bonchev–Trinajstić information content (AvgIpc) is 3.23. The summed E-state index contributed by atoms with van der Waals surface area (Å²) in [6, 6.07) is 18.3. The van der Waals surface area contributed by atoms with Gasteiger partial charge >= 0.3 is 12.2 Å². The van der Waals surface area contributed by atoms with Crippen LogP contribution in [-0.2, 0) is 27.2 Å². The molecule has 1 fully saturated rings. The lowest BCUT2D eigenvalue weighted by atomic mass is 9.91. The molecule has 37 heavy (non-hydrogen) atoms. The Morgan fingerprint density at radius 3 is 2.16 bits per heavy atom. The first-order chi connectivity index (χ1) is 17.5. The van der Waals surface area contributed by atoms with Crippen LogP contribution in [0.25, 0.3) is 0 Å². The van der Waals surface area contributed by atoms with Crippen molar-refractivity contribution in [2.75, 3.05) is 13.2 Å². The van der Waals surface area contributed by atoms with Gasteiger partial charge in [-0.15, -0.1) is 0 Å². The standard InChI is InChI=1S/C29H38N2O6/c1-20(2)24-19-36-28(35)31(24)26(33)23(16-21-12-8-6-9-13-21)25(32)18-30(27(34)37-29(3,4)5)17-22-14-10-7-11-15-22/h6-15,20,23-25,32H,16-19H2,1-5H3/t23-,24-,25-/m0/s1. The normalized spacial score (nSPS) is 17.3. The summed E-state index contributed by atoms with van der Waals surface area (Å²) in [4.78, 5) is 42.0. The van der Waals surface area contributed by atoms with Crippen molar-refractivity contribution in [2.45, 2.75) is 65.3 Å². The molecule has 0 radical (unpaired) electrons. The van der Waals surface area contributed by atoms with Gasteiger partial charge in [0.1, 0.15) is 12.2 Å². The first-order valence-electron chi connectivity index (χ1n) is 12.7. The molecule has 1 aliphatic heterocycles. The van der Waals surface area contributed by atoms with Crippen molar-refractivity contribution in [3.05, 3.63) is 71.8 Å². The number of benzene rings is 2. The first kappa shape index (κ1) is 28.2. The number of hydrogen-bond acceptors (Lipinski definition) is 6. The smallest absolute Gasteiger partial charge is 0.416 e. The highest BCUT2D eigenvalue weighted by molar-refractivity contribution is 5.95. The fourth-order valence-corrected chi connectivity index (χ4v) is 4.30. The molecule has 0 bridgehead atoms. The Bertz CT molecular complexity index is 1050. The first-order valence-corrected chi connectivity index (χ1v) is 12.7. The second-order valence-corrected chi connectivity index (χ2v) is 10.8. The Morgan fingerprint density at radius 1 is 1.05 bits per heavy atom. The fraction of sp³-hybridized carbons (Fsp3) is 0.483. The summed E-state index contributed by atoms with van der Waals surface area (Å²) in [6.07, 6.45) is -2.36. The molecule has 200 valence electrons. The fourth-order valence-electron chi connectivity index (χ4n) is 4.30. The number of ether oxygens (including phenoxy) is 2. The molecule has 1 heterocycles. The van der Waals surface area contributed by atoms with Gasteiger partial charge in [0, 0.05) is 6.54 Å². The van der Waals surface area contributed by atoms with E-state index in [1.54, 1.807) is 20.8 Å².